The molecule has 0 radical (unpaired) electrons. The zero-order valence-corrected chi connectivity index (χ0v) is 16.3. The van der Waals surface area contributed by atoms with Crippen LogP contribution in [0.1, 0.15) is 31.8 Å². The monoisotopic (exact) mass is 367 g/mol. The quantitative estimate of drug-likeness (QED) is 0.699. The Balaban J connectivity index is 1.60. The van der Waals surface area contributed by atoms with Gasteiger partial charge in [0.1, 0.15) is 5.82 Å². The fourth-order valence-corrected chi connectivity index (χ4v) is 4.32. The van der Waals surface area contributed by atoms with E-state index in [-0.39, 0.29) is 0 Å². The van der Waals surface area contributed by atoms with Gasteiger partial charge in [0, 0.05) is 60.9 Å². The van der Waals surface area contributed by atoms with Gasteiger partial charge >= 0.3 is 0 Å². The van der Waals surface area contributed by atoms with E-state index in [1.807, 2.05) is 0 Å². The Morgan fingerprint density at radius 3 is 2.58 bits per heavy atom. The van der Waals surface area contributed by atoms with Gasteiger partial charge < -0.3 is 9.80 Å². The van der Waals surface area contributed by atoms with Gasteiger partial charge in [-0.1, -0.05) is 32.0 Å². The molecule has 5 nitrogen and oxygen atoms in total. The highest BCUT2D eigenvalue weighted by atomic mass is 32.1. The molecule has 136 valence electrons. The maximum absolute atomic E-state index is 4.79. The van der Waals surface area contributed by atoms with Gasteiger partial charge in [-0.3, -0.25) is 4.98 Å². The van der Waals surface area contributed by atoms with Crippen molar-refractivity contribution in [1.29, 1.82) is 0 Å². The third kappa shape index (κ3) is 3.38. The lowest BCUT2D eigenvalue weighted by molar-refractivity contribution is 0.802. The van der Waals surface area contributed by atoms with Crippen LogP contribution in [0.2, 0.25) is 0 Å². The van der Waals surface area contributed by atoms with Crippen LogP contribution in [-0.4, -0.2) is 40.5 Å². The molecule has 1 aromatic carbocycles. The molecule has 3 heterocycles. The maximum Gasteiger partial charge on any atom is 0.205 e. The summed E-state index contributed by atoms with van der Waals surface area (Å²) in [6, 6.07) is 10.8. The van der Waals surface area contributed by atoms with Crippen LogP contribution in [0, 0.1) is 0 Å². The second kappa shape index (κ2) is 7.58. The van der Waals surface area contributed by atoms with Crippen molar-refractivity contribution in [3.63, 3.8) is 0 Å². The lowest BCUT2D eigenvalue weighted by Gasteiger charge is -2.25. The Kier molecular flexibility index (Phi) is 5.02. The molecule has 1 fully saturated rings. The lowest BCUT2D eigenvalue weighted by Crippen LogP contribution is -2.30. The van der Waals surface area contributed by atoms with Gasteiger partial charge in [-0.05, 0) is 25.0 Å². The van der Waals surface area contributed by atoms with Gasteiger partial charge in [-0.2, -0.15) is 4.37 Å². The zero-order chi connectivity index (χ0) is 17.9. The van der Waals surface area contributed by atoms with Crippen LogP contribution < -0.4 is 9.80 Å². The van der Waals surface area contributed by atoms with E-state index in [9.17, 15) is 0 Å². The van der Waals surface area contributed by atoms with Gasteiger partial charge in [0.2, 0.25) is 5.13 Å². The highest BCUT2D eigenvalue weighted by Crippen LogP contribution is 2.29. The molecular formula is C20H25N5S. The molecule has 0 saturated carbocycles. The van der Waals surface area contributed by atoms with Crippen molar-refractivity contribution >= 4 is 33.3 Å². The minimum Gasteiger partial charge on any atom is -0.369 e. The fourth-order valence-electron chi connectivity index (χ4n) is 3.52. The number of anilines is 2. The van der Waals surface area contributed by atoms with E-state index in [2.05, 4.69) is 63.3 Å². The summed E-state index contributed by atoms with van der Waals surface area (Å²) in [5.74, 6) is 0.957. The van der Waals surface area contributed by atoms with Gasteiger partial charge in [0.05, 0.1) is 5.52 Å². The Hall–Kier alpha value is -2.21. The fraction of sp³-hybridized carbons (Fsp3) is 0.450. The van der Waals surface area contributed by atoms with E-state index in [0.717, 1.165) is 67.6 Å². The lowest BCUT2D eigenvalue weighted by atomic mass is 10.1. The first kappa shape index (κ1) is 17.2. The predicted molar refractivity (Wildman–Crippen MR) is 109 cm³/mol. The molecule has 1 aliphatic rings. The van der Waals surface area contributed by atoms with Crippen LogP contribution in [0.4, 0.5) is 10.8 Å². The van der Waals surface area contributed by atoms with Gasteiger partial charge in [-0.15, -0.1) is 0 Å². The molecule has 1 aliphatic heterocycles. The van der Waals surface area contributed by atoms with Crippen molar-refractivity contribution in [3.8, 4) is 0 Å². The Bertz CT molecular complexity index is 891. The minimum atomic E-state index is 0.902. The first-order chi connectivity index (χ1) is 12.8. The summed E-state index contributed by atoms with van der Waals surface area (Å²) in [6.07, 6.45) is 2.99. The second-order valence-corrected chi connectivity index (χ2v) is 7.41. The highest BCUT2D eigenvalue weighted by Gasteiger charge is 2.20. The van der Waals surface area contributed by atoms with E-state index in [0.29, 0.717) is 0 Å². The Morgan fingerprint density at radius 1 is 0.962 bits per heavy atom. The largest absolute Gasteiger partial charge is 0.369 e. The molecule has 0 spiro atoms. The number of nitrogens with zero attached hydrogens (tertiary/aromatic N) is 5. The molecule has 0 N–H and O–H groups in total. The molecule has 0 atom stereocenters. The van der Waals surface area contributed by atoms with Crippen LogP contribution in [-0.2, 0) is 12.8 Å². The number of hydrogen-bond acceptors (Lipinski definition) is 6. The zero-order valence-electron chi connectivity index (χ0n) is 15.5. The molecule has 4 rings (SSSR count). The average molecular weight is 368 g/mol. The number of fused-ring (bicyclic) bond motifs is 1. The second-order valence-electron chi connectivity index (χ2n) is 6.68. The van der Waals surface area contributed by atoms with E-state index in [4.69, 9.17) is 4.98 Å². The van der Waals surface area contributed by atoms with Crippen LogP contribution in [0.25, 0.3) is 10.9 Å². The topological polar surface area (TPSA) is 45.2 Å². The van der Waals surface area contributed by atoms with Crippen molar-refractivity contribution < 1.29 is 0 Å². The maximum atomic E-state index is 4.79. The molecule has 6 heteroatoms. The molecule has 26 heavy (non-hydrogen) atoms. The summed E-state index contributed by atoms with van der Waals surface area (Å²) in [4.78, 5) is 14.4. The van der Waals surface area contributed by atoms with Crippen LogP contribution in [0.5, 0.6) is 0 Å². The third-order valence-corrected chi connectivity index (χ3v) is 5.81. The van der Waals surface area contributed by atoms with Crippen molar-refractivity contribution in [1.82, 2.24) is 14.3 Å². The van der Waals surface area contributed by atoms with Gasteiger partial charge in [-0.25, -0.2) is 4.98 Å². The number of para-hydroxylation sites is 1. The standard InChI is InChI=1S/C20H25N5S/c1-3-15-14-18(16-8-5-6-9-17(16)21-15)24-10-7-11-25(13-12-24)20-22-19(4-2)23-26-20/h5-6,8-9,14H,3-4,7,10-13H2,1-2H3. The summed E-state index contributed by atoms with van der Waals surface area (Å²) in [6.45, 7) is 8.36. The van der Waals surface area contributed by atoms with Crippen molar-refractivity contribution in [2.24, 2.45) is 0 Å². The first-order valence-corrected chi connectivity index (χ1v) is 10.3. The molecule has 3 aromatic rings. The van der Waals surface area contributed by atoms with Crippen LogP contribution in [0.15, 0.2) is 30.3 Å². The van der Waals surface area contributed by atoms with Crippen molar-refractivity contribution in [2.45, 2.75) is 33.1 Å². The van der Waals surface area contributed by atoms with Gasteiger partial charge in [0.25, 0.3) is 0 Å². The summed E-state index contributed by atoms with van der Waals surface area (Å²) >= 11 is 1.53. The molecule has 2 aromatic heterocycles. The SMILES string of the molecule is CCc1cc(N2CCCN(c3nc(CC)ns3)CC2)c2ccccc2n1. The number of hydrogen-bond donors (Lipinski definition) is 0. The summed E-state index contributed by atoms with van der Waals surface area (Å²) in [5, 5.41) is 2.32. The molecule has 0 amide bonds. The number of rotatable bonds is 4. The van der Waals surface area contributed by atoms with Crippen LogP contribution in [0.3, 0.4) is 0 Å². The number of aromatic nitrogens is 3. The number of pyridine rings is 1. The van der Waals surface area contributed by atoms with Crippen LogP contribution >= 0.6 is 11.5 Å². The molecule has 0 bridgehead atoms. The third-order valence-electron chi connectivity index (χ3n) is 4.99. The molecule has 0 unspecified atom stereocenters. The van der Waals surface area contributed by atoms with Gasteiger partial charge in [0.15, 0.2) is 0 Å². The smallest absolute Gasteiger partial charge is 0.205 e. The average Bonchev–Trinajstić information content (AvgIpc) is 3.04. The normalized spacial score (nSPS) is 15.5. The molecule has 0 aliphatic carbocycles. The first-order valence-electron chi connectivity index (χ1n) is 9.49. The number of benzene rings is 1. The summed E-state index contributed by atoms with van der Waals surface area (Å²) in [5.41, 5.74) is 3.58. The summed E-state index contributed by atoms with van der Waals surface area (Å²) in [7, 11) is 0. The summed E-state index contributed by atoms with van der Waals surface area (Å²) < 4.78 is 4.45. The van der Waals surface area contributed by atoms with Crippen molar-refractivity contribution in [3.05, 3.63) is 41.9 Å². The Morgan fingerprint density at radius 2 is 1.77 bits per heavy atom. The van der Waals surface area contributed by atoms with Crippen molar-refractivity contribution in [2.75, 3.05) is 36.0 Å². The number of aryl methyl sites for hydroxylation is 2. The minimum absolute atomic E-state index is 0.902. The van der Waals surface area contributed by atoms with E-state index in [1.54, 1.807) is 0 Å². The molecule has 1 saturated heterocycles. The van der Waals surface area contributed by atoms with E-state index >= 15 is 0 Å². The van der Waals surface area contributed by atoms with E-state index < -0.39 is 0 Å². The Labute approximate surface area is 158 Å². The molecular weight excluding hydrogens is 342 g/mol. The predicted octanol–water partition coefficient (Wildman–Crippen LogP) is 3.93. The highest BCUT2D eigenvalue weighted by molar-refractivity contribution is 7.09. The van der Waals surface area contributed by atoms with E-state index in [1.165, 1.54) is 22.6 Å².